The zero-order valence-corrected chi connectivity index (χ0v) is 16.6. The summed E-state index contributed by atoms with van der Waals surface area (Å²) < 4.78 is 15.9. The zero-order chi connectivity index (χ0) is 19.5. The van der Waals surface area contributed by atoms with E-state index in [1.54, 1.807) is 18.3 Å². The summed E-state index contributed by atoms with van der Waals surface area (Å²) in [5.74, 6) is -0.249. The van der Waals surface area contributed by atoms with Gasteiger partial charge in [0, 0.05) is 30.3 Å². The maximum absolute atomic E-state index is 13.8. The van der Waals surface area contributed by atoms with Gasteiger partial charge in [-0.05, 0) is 61.1 Å². The van der Waals surface area contributed by atoms with Crippen LogP contribution in [0.2, 0.25) is 0 Å². The third-order valence-electron chi connectivity index (χ3n) is 5.12. The van der Waals surface area contributed by atoms with Crippen molar-refractivity contribution in [2.75, 3.05) is 6.54 Å². The Balaban J connectivity index is 1.79. The van der Waals surface area contributed by atoms with Crippen molar-refractivity contribution < 1.29 is 4.39 Å². The summed E-state index contributed by atoms with van der Waals surface area (Å²) in [6.45, 7) is 3.04. The van der Waals surface area contributed by atoms with Crippen molar-refractivity contribution in [3.63, 3.8) is 0 Å². The van der Waals surface area contributed by atoms with Crippen molar-refractivity contribution >= 4 is 17.3 Å². The molecule has 0 bridgehead atoms. The first-order chi connectivity index (χ1) is 13.7. The SMILES string of the molecule is CCCCN1C(=S)NC(c2ccccn2)C1c1cccn1-c1cccc(F)c1. The van der Waals surface area contributed by atoms with Crippen LogP contribution >= 0.6 is 12.2 Å². The summed E-state index contributed by atoms with van der Waals surface area (Å²) in [6, 6.07) is 16.6. The van der Waals surface area contributed by atoms with Crippen LogP contribution in [0.15, 0.2) is 67.0 Å². The van der Waals surface area contributed by atoms with E-state index >= 15 is 0 Å². The van der Waals surface area contributed by atoms with Gasteiger partial charge in [0.25, 0.3) is 0 Å². The Morgan fingerprint density at radius 3 is 2.79 bits per heavy atom. The number of unbranched alkanes of at least 4 members (excludes halogenated alkanes) is 1. The molecule has 1 N–H and O–H groups in total. The lowest BCUT2D eigenvalue weighted by molar-refractivity contribution is 0.304. The lowest BCUT2D eigenvalue weighted by Gasteiger charge is -2.29. The van der Waals surface area contributed by atoms with E-state index in [1.807, 2.05) is 41.1 Å². The second kappa shape index (κ2) is 8.10. The van der Waals surface area contributed by atoms with Gasteiger partial charge in [-0.3, -0.25) is 4.98 Å². The van der Waals surface area contributed by atoms with Crippen LogP contribution in [0.1, 0.15) is 43.2 Å². The average Bonchev–Trinajstić information content (AvgIpc) is 3.31. The maximum atomic E-state index is 13.8. The molecule has 6 heteroatoms. The van der Waals surface area contributed by atoms with E-state index in [-0.39, 0.29) is 17.9 Å². The topological polar surface area (TPSA) is 33.1 Å². The van der Waals surface area contributed by atoms with Gasteiger partial charge in [-0.15, -0.1) is 0 Å². The second-order valence-electron chi connectivity index (χ2n) is 6.96. The number of benzene rings is 1. The van der Waals surface area contributed by atoms with Crippen LogP contribution in [-0.2, 0) is 0 Å². The average molecular weight is 395 g/mol. The van der Waals surface area contributed by atoms with Crippen LogP contribution in [0.5, 0.6) is 0 Å². The highest BCUT2D eigenvalue weighted by atomic mass is 32.1. The third-order valence-corrected chi connectivity index (χ3v) is 5.47. The first-order valence-corrected chi connectivity index (χ1v) is 10.0. The van der Waals surface area contributed by atoms with Crippen LogP contribution in [0.3, 0.4) is 0 Å². The van der Waals surface area contributed by atoms with Gasteiger partial charge in [-0.1, -0.05) is 25.5 Å². The van der Waals surface area contributed by atoms with Crippen molar-refractivity contribution in [2.45, 2.75) is 31.8 Å². The molecule has 1 fully saturated rings. The lowest BCUT2D eigenvalue weighted by atomic mass is 10.0. The van der Waals surface area contributed by atoms with Crippen LogP contribution in [-0.4, -0.2) is 26.1 Å². The van der Waals surface area contributed by atoms with Gasteiger partial charge in [0.1, 0.15) is 5.82 Å². The van der Waals surface area contributed by atoms with Gasteiger partial charge in [0.15, 0.2) is 5.11 Å². The molecule has 3 heterocycles. The highest BCUT2D eigenvalue weighted by Crippen LogP contribution is 2.39. The molecule has 4 rings (SSSR count). The normalized spacial score (nSPS) is 19.1. The Kier molecular flexibility index (Phi) is 5.39. The molecule has 0 radical (unpaired) electrons. The molecule has 144 valence electrons. The first-order valence-electron chi connectivity index (χ1n) is 9.60. The fourth-order valence-corrected chi connectivity index (χ4v) is 4.12. The number of rotatable bonds is 6. The third kappa shape index (κ3) is 3.52. The van der Waals surface area contributed by atoms with E-state index in [2.05, 4.69) is 28.2 Å². The minimum Gasteiger partial charge on any atom is -0.352 e. The summed E-state index contributed by atoms with van der Waals surface area (Å²) >= 11 is 5.68. The van der Waals surface area contributed by atoms with E-state index in [0.29, 0.717) is 0 Å². The van der Waals surface area contributed by atoms with E-state index in [0.717, 1.165) is 41.6 Å². The van der Waals surface area contributed by atoms with E-state index in [9.17, 15) is 4.39 Å². The molecule has 2 atom stereocenters. The van der Waals surface area contributed by atoms with Crippen molar-refractivity contribution in [1.82, 2.24) is 19.8 Å². The molecular formula is C22H23FN4S. The van der Waals surface area contributed by atoms with Crippen molar-refractivity contribution in [3.05, 3.63) is 84.2 Å². The quantitative estimate of drug-likeness (QED) is 0.610. The van der Waals surface area contributed by atoms with Crippen LogP contribution < -0.4 is 5.32 Å². The second-order valence-corrected chi connectivity index (χ2v) is 7.34. The molecule has 1 aromatic carbocycles. The van der Waals surface area contributed by atoms with Crippen molar-refractivity contribution in [1.29, 1.82) is 0 Å². The fourth-order valence-electron chi connectivity index (χ4n) is 3.79. The largest absolute Gasteiger partial charge is 0.352 e. The molecule has 0 amide bonds. The molecule has 0 aliphatic carbocycles. The van der Waals surface area contributed by atoms with Crippen LogP contribution in [0.25, 0.3) is 5.69 Å². The van der Waals surface area contributed by atoms with Gasteiger partial charge in [-0.25, -0.2) is 4.39 Å². The lowest BCUT2D eigenvalue weighted by Crippen LogP contribution is -2.31. The van der Waals surface area contributed by atoms with E-state index in [1.165, 1.54) is 6.07 Å². The minimum absolute atomic E-state index is 0.0211. The molecule has 2 aromatic heterocycles. The van der Waals surface area contributed by atoms with Crippen molar-refractivity contribution in [2.24, 2.45) is 0 Å². The Morgan fingerprint density at radius 1 is 1.14 bits per heavy atom. The minimum atomic E-state index is -0.249. The number of hydrogen-bond donors (Lipinski definition) is 1. The summed E-state index contributed by atoms with van der Waals surface area (Å²) in [4.78, 5) is 6.81. The zero-order valence-electron chi connectivity index (χ0n) is 15.8. The number of nitrogens with zero attached hydrogens (tertiary/aromatic N) is 3. The molecule has 1 saturated heterocycles. The number of halogens is 1. The Labute approximate surface area is 170 Å². The standard InChI is InChI=1S/C22H23FN4S/c1-2-3-13-27-21(20(25-22(27)28)18-10-4-5-12-24-18)19-11-7-14-26(19)17-9-6-8-16(23)15-17/h4-12,14-15,20-21H,2-3,13H2,1H3,(H,25,28). The van der Waals surface area contributed by atoms with E-state index < -0.39 is 0 Å². The molecular weight excluding hydrogens is 371 g/mol. The summed E-state index contributed by atoms with van der Waals surface area (Å²) in [5.41, 5.74) is 2.80. The Hall–Kier alpha value is -2.73. The molecule has 0 saturated carbocycles. The molecule has 1 aliphatic heterocycles. The Bertz CT molecular complexity index is 956. The smallest absolute Gasteiger partial charge is 0.170 e. The number of aromatic nitrogens is 2. The van der Waals surface area contributed by atoms with Gasteiger partial charge >= 0.3 is 0 Å². The summed E-state index contributed by atoms with van der Waals surface area (Å²) in [7, 11) is 0. The van der Waals surface area contributed by atoms with Gasteiger partial charge in [0.05, 0.1) is 17.8 Å². The molecule has 0 spiro atoms. The van der Waals surface area contributed by atoms with Gasteiger partial charge in [-0.2, -0.15) is 0 Å². The number of thiocarbonyl (C=S) groups is 1. The molecule has 1 aliphatic rings. The monoisotopic (exact) mass is 394 g/mol. The predicted octanol–water partition coefficient (Wildman–Crippen LogP) is 4.78. The Morgan fingerprint density at radius 2 is 2.04 bits per heavy atom. The molecule has 2 unspecified atom stereocenters. The van der Waals surface area contributed by atoms with Crippen LogP contribution in [0.4, 0.5) is 4.39 Å². The van der Waals surface area contributed by atoms with Crippen LogP contribution in [0, 0.1) is 5.82 Å². The first kappa shape index (κ1) is 18.6. The maximum Gasteiger partial charge on any atom is 0.170 e. The molecule has 28 heavy (non-hydrogen) atoms. The highest BCUT2D eigenvalue weighted by molar-refractivity contribution is 7.80. The number of hydrogen-bond acceptors (Lipinski definition) is 2. The number of nitrogens with one attached hydrogen (secondary N) is 1. The van der Waals surface area contributed by atoms with E-state index in [4.69, 9.17) is 12.2 Å². The summed E-state index contributed by atoms with van der Waals surface area (Å²) in [6.07, 6.45) is 5.91. The highest BCUT2D eigenvalue weighted by Gasteiger charge is 2.40. The fraction of sp³-hybridized carbons (Fsp3) is 0.273. The van der Waals surface area contributed by atoms with Gasteiger partial charge < -0.3 is 14.8 Å². The number of pyridine rings is 1. The predicted molar refractivity (Wildman–Crippen MR) is 113 cm³/mol. The molecule has 4 nitrogen and oxygen atoms in total. The summed E-state index contributed by atoms with van der Waals surface area (Å²) in [5, 5.41) is 4.20. The van der Waals surface area contributed by atoms with Crippen molar-refractivity contribution in [3.8, 4) is 5.69 Å². The van der Waals surface area contributed by atoms with Gasteiger partial charge in [0.2, 0.25) is 0 Å². The molecule has 3 aromatic rings.